The SMILES string of the molecule is CC(c1ccc(Cl)cc1)N(C)CCCc1ccc(N)cc1. The minimum absolute atomic E-state index is 0.397. The van der Waals surface area contributed by atoms with Crippen molar-refractivity contribution in [3.8, 4) is 0 Å². The van der Waals surface area contributed by atoms with E-state index in [4.69, 9.17) is 17.3 Å². The monoisotopic (exact) mass is 302 g/mol. The maximum Gasteiger partial charge on any atom is 0.0406 e. The zero-order chi connectivity index (χ0) is 15.2. The van der Waals surface area contributed by atoms with Gasteiger partial charge >= 0.3 is 0 Å². The van der Waals surface area contributed by atoms with Crippen LogP contribution in [0.25, 0.3) is 0 Å². The molecule has 0 aromatic heterocycles. The highest BCUT2D eigenvalue weighted by atomic mass is 35.5. The number of aryl methyl sites for hydroxylation is 1. The molecule has 0 bridgehead atoms. The molecule has 0 saturated carbocycles. The first-order chi connectivity index (χ1) is 10.1. The Hall–Kier alpha value is -1.51. The number of benzene rings is 2. The summed E-state index contributed by atoms with van der Waals surface area (Å²) in [5, 5.41) is 0.789. The maximum absolute atomic E-state index is 5.94. The summed E-state index contributed by atoms with van der Waals surface area (Å²) >= 11 is 5.94. The van der Waals surface area contributed by atoms with Crippen molar-refractivity contribution in [2.45, 2.75) is 25.8 Å². The first kappa shape index (κ1) is 15.9. The van der Waals surface area contributed by atoms with E-state index >= 15 is 0 Å². The van der Waals surface area contributed by atoms with E-state index in [0.717, 1.165) is 30.1 Å². The second-order valence-corrected chi connectivity index (χ2v) is 5.99. The first-order valence-corrected chi connectivity index (χ1v) is 7.74. The number of nitrogens with zero attached hydrogens (tertiary/aromatic N) is 1. The smallest absolute Gasteiger partial charge is 0.0406 e. The molecule has 0 radical (unpaired) electrons. The molecule has 2 aromatic carbocycles. The van der Waals surface area contributed by atoms with Crippen molar-refractivity contribution in [3.05, 3.63) is 64.7 Å². The number of hydrogen-bond donors (Lipinski definition) is 1. The summed E-state index contributed by atoms with van der Waals surface area (Å²) in [4.78, 5) is 2.38. The van der Waals surface area contributed by atoms with Gasteiger partial charge in [-0.05, 0) is 68.8 Å². The fourth-order valence-electron chi connectivity index (χ4n) is 2.41. The fourth-order valence-corrected chi connectivity index (χ4v) is 2.53. The number of halogens is 1. The Balaban J connectivity index is 1.82. The molecule has 1 unspecified atom stereocenters. The van der Waals surface area contributed by atoms with Crippen molar-refractivity contribution >= 4 is 17.3 Å². The molecule has 3 heteroatoms. The van der Waals surface area contributed by atoms with Crippen molar-refractivity contribution in [1.29, 1.82) is 0 Å². The van der Waals surface area contributed by atoms with Crippen LogP contribution in [-0.4, -0.2) is 18.5 Å². The molecule has 0 heterocycles. The van der Waals surface area contributed by atoms with Gasteiger partial charge in [0, 0.05) is 16.8 Å². The first-order valence-electron chi connectivity index (χ1n) is 7.36. The highest BCUT2D eigenvalue weighted by molar-refractivity contribution is 6.30. The predicted molar refractivity (Wildman–Crippen MR) is 91.7 cm³/mol. The van der Waals surface area contributed by atoms with Crippen LogP contribution in [0.2, 0.25) is 5.02 Å². The molecule has 2 N–H and O–H groups in total. The van der Waals surface area contributed by atoms with Gasteiger partial charge in [0.15, 0.2) is 0 Å². The highest BCUT2D eigenvalue weighted by Gasteiger charge is 2.11. The summed E-state index contributed by atoms with van der Waals surface area (Å²) in [7, 11) is 2.17. The van der Waals surface area contributed by atoms with E-state index < -0.39 is 0 Å². The second-order valence-electron chi connectivity index (χ2n) is 5.55. The van der Waals surface area contributed by atoms with E-state index in [2.05, 4.69) is 43.1 Å². The van der Waals surface area contributed by atoms with Crippen molar-refractivity contribution in [3.63, 3.8) is 0 Å². The molecule has 2 nitrogen and oxygen atoms in total. The van der Waals surface area contributed by atoms with E-state index in [9.17, 15) is 0 Å². The summed E-state index contributed by atoms with van der Waals surface area (Å²) in [6, 6.07) is 16.7. The summed E-state index contributed by atoms with van der Waals surface area (Å²) in [5.41, 5.74) is 9.17. The lowest BCUT2D eigenvalue weighted by molar-refractivity contribution is 0.258. The third-order valence-corrected chi connectivity index (χ3v) is 4.22. The van der Waals surface area contributed by atoms with Gasteiger partial charge in [-0.3, -0.25) is 4.90 Å². The predicted octanol–water partition coefficient (Wildman–Crippen LogP) is 4.55. The standard InChI is InChI=1S/C18H23ClN2/c1-14(16-7-9-17(19)10-8-16)21(2)13-3-4-15-5-11-18(20)12-6-15/h5-12,14H,3-4,13,20H2,1-2H3. The van der Waals surface area contributed by atoms with Crippen LogP contribution in [0.1, 0.15) is 30.5 Å². The molecular weight excluding hydrogens is 280 g/mol. The van der Waals surface area contributed by atoms with Gasteiger partial charge in [-0.1, -0.05) is 35.9 Å². The van der Waals surface area contributed by atoms with E-state index in [1.54, 1.807) is 0 Å². The number of anilines is 1. The van der Waals surface area contributed by atoms with Crippen LogP contribution in [0.15, 0.2) is 48.5 Å². The Morgan fingerprint density at radius 3 is 2.29 bits per heavy atom. The molecule has 2 aromatic rings. The van der Waals surface area contributed by atoms with Crippen LogP contribution in [0.5, 0.6) is 0 Å². The zero-order valence-electron chi connectivity index (χ0n) is 12.7. The molecule has 0 fully saturated rings. The lowest BCUT2D eigenvalue weighted by Crippen LogP contribution is -2.23. The lowest BCUT2D eigenvalue weighted by Gasteiger charge is -2.25. The summed E-state index contributed by atoms with van der Waals surface area (Å²) < 4.78 is 0. The van der Waals surface area contributed by atoms with Gasteiger partial charge in [0.2, 0.25) is 0 Å². The highest BCUT2D eigenvalue weighted by Crippen LogP contribution is 2.21. The molecule has 0 aliphatic rings. The number of rotatable bonds is 6. The zero-order valence-corrected chi connectivity index (χ0v) is 13.5. The van der Waals surface area contributed by atoms with Crippen LogP contribution in [0.4, 0.5) is 5.69 Å². The third kappa shape index (κ3) is 4.76. The molecule has 112 valence electrons. The normalized spacial score (nSPS) is 12.6. The number of nitrogens with two attached hydrogens (primary N) is 1. The van der Waals surface area contributed by atoms with Gasteiger partial charge in [0.05, 0.1) is 0 Å². The minimum Gasteiger partial charge on any atom is -0.399 e. The molecule has 2 rings (SSSR count). The topological polar surface area (TPSA) is 29.3 Å². The van der Waals surface area contributed by atoms with Crippen LogP contribution in [-0.2, 0) is 6.42 Å². The van der Waals surface area contributed by atoms with E-state index in [1.807, 2.05) is 24.3 Å². The van der Waals surface area contributed by atoms with Crippen molar-refractivity contribution in [2.24, 2.45) is 0 Å². The second kappa shape index (κ2) is 7.48. The fraction of sp³-hybridized carbons (Fsp3) is 0.333. The summed E-state index contributed by atoms with van der Waals surface area (Å²) in [6.45, 7) is 3.29. The average Bonchev–Trinajstić information content (AvgIpc) is 2.49. The van der Waals surface area contributed by atoms with Crippen LogP contribution in [0, 0.1) is 0 Å². The van der Waals surface area contributed by atoms with Crippen molar-refractivity contribution < 1.29 is 0 Å². The number of nitrogen functional groups attached to an aromatic ring is 1. The van der Waals surface area contributed by atoms with Crippen molar-refractivity contribution in [1.82, 2.24) is 4.90 Å². The van der Waals surface area contributed by atoms with Crippen LogP contribution >= 0.6 is 11.6 Å². The Kier molecular flexibility index (Phi) is 5.66. The molecule has 0 spiro atoms. The van der Waals surface area contributed by atoms with Crippen LogP contribution < -0.4 is 5.73 Å². The Labute approximate surface area is 132 Å². The molecule has 21 heavy (non-hydrogen) atoms. The van der Waals surface area contributed by atoms with Gasteiger partial charge in [-0.15, -0.1) is 0 Å². The Morgan fingerprint density at radius 1 is 1.05 bits per heavy atom. The summed E-state index contributed by atoms with van der Waals surface area (Å²) in [5.74, 6) is 0. The Morgan fingerprint density at radius 2 is 1.67 bits per heavy atom. The largest absolute Gasteiger partial charge is 0.399 e. The van der Waals surface area contributed by atoms with E-state index in [1.165, 1.54) is 11.1 Å². The maximum atomic E-state index is 5.94. The van der Waals surface area contributed by atoms with Gasteiger partial charge in [-0.25, -0.2) is 0 Å². The quantitative estimate of drug-likeness (QED) is 0.793. The molecule has 0 aliphatic carbocycles. The lowest BCUT2D eigenvalue weighted by atomic mass is 10.1. The average molecular weight is 303 g/mol. The van der Waals surface area contributed by atoms with E-state index in [-0.39, 0.29) is 0 Å². The van der Waals surface area contributed by atoms with Crippen LogP contribution in [0.3, 0.4) is 0 Å². The molecule has 0 saturated heterocycles. The van der Waals surface area contributed by atoms with Gasteiger partial charge in [0.25, 0.3) is 0 Å². The molecule has 0 amide bonds. The number of hydrogen-bond acceptors (Lipinski definition) is 2. The van der Waals surface area contributed by atoms with Gasteiger partial charge in [-0.2, -0.15) is 0 Å². The molecule has 1 atom stereocenters. The van der Waals surface area contributed by atoms with Crippen molar-refractivity contribution in [2.75, 3.05) is 19.3 Å². The van der Waals surface area contributed by atoms with Gasteiger partial charge < -0.3 is 5.73 Å². The molecular formula is C18H23ClN2. The third-order valence-electron chi connectivity index (χ3n) is 3.97. The summed E-state index contributed by atoms with van der Waals surface area (Å²) in [6.07, 6.45) is 2.22. The minimum atomic E-state index is 0.397. The van der Waals surface area contributed by atoms with E-state index in [0.29, 0.717) is 6.04 Å². The molecule has 0 aliphatic heterocycles. The Bertz CT molecular complexity index is 548. The van der Waals surface area contributed by atoms with Gasteiger partial charge in [0.1, 0.15) is 0 Å².